The lowest BCUT2D eigenvalue weighted by Crippen LogP contribution is -2.25. The van der Waals surface area contributed by atoms with Crippen molar-refractivity contribution in [2.75, 3.05) is 25.5 Å². The molecule has 1 atom stereocenters. The van der Waals surface area contributed by atoms with Crippen LogP contribution in [0.5, 0.6) is 0 Å². The molecular formula is C16H21N5O. The summed E-state index contributed by atoms with van der Waals surface area (Å²) >= 11 is 0. The van der Waals surface area contributed by atoms with Gasteiger partial charge in [-0.25, -0.2) is 4.98 Å². The third-order valence-electron chi connectivity index (χ3n) is 4.56. The van der Waals surface area contributed by atoms with Crippen LogP contribution in [0.3, 0.4) is 0 Å². The lowest BCUT2D eigenvalue weighted by atomic mass is 10.2. The number of aromatic nitrogens is 3. The molecule has 0 unspecified atom stereocenters. The van der Waals surface area contributed by atoms with Crippen LogP contribution in [0.25, 0.3) is 11.4 Å². The third-order valence-corrected chi connectivity index (χ3v) is 4.56. The first-order valence-electron chi connectivity index (χ1n) is 8.05. The standard InChI is InChI=1S/C16H21N5O/c1-17-14-7-6-12(9-18-14)15-19-16(22-20-15)13-3-2-8-21(13)10-11-4-5-11/h6-7,9,11,13H,2-5,8,10H2,1H3,(H,17,18)/t13-/m0/s1. The minimum absolute atomic E-state index is 0.298. The predicted octanol–water partition coefficient (Wildman–Crippen LogP) is 2.72. The van der Waals surface area contributed by atoms with Crippen molar-refractivity contribution in [3.8, 4) is 11.4 Å². The summed E-state index contributed by atoms with van der Waals surface area (Å²) in [5, 5.41) is 7.15. The van der Waals surface area contributed by atoms with Crippen LogP contribution in [-0.2, 0) is 0 Å². The summed E-state index contributed by atoms with van der Waals surface area (Å²) in [4.78, 5) is 11.4. The monoisotopic (exact) mass is 299 g/mol. The molecule has 0 bridgehead atoms. The topological polar surface area (TPSA) is 67.1 Å². The van der Waals surface area contributed by atoms with Gasteiger partial charge in [0.2, 0.25) is 11.7 Å². The maximum absolute atomic E-state index is 5.55. The van der Waals surface area contributed by atoms with E-state index in [0.717, 1.165) is 36.2 Å². The second-order valence-electron chi connectivity index (χ2n) is 6.23. The first-order chi connectivity index (χ1) is 10.8. The first kappa shape index (κ1) is 13.7. The average Bonchev–Trinajstić information content (AvgIpc) is 3.04. The van der Waals surface area contributed by atoms with E-state index in [0.29, 0.717) is 11.9 Å². The molecule has 0 amide bonds. The molecule has 2 aromatic heterocycles. The van der Waals surface area contributed by atoms with Crippen molar-refractivity contribution in [2.45, 2.75) is 31.7 Å². The van der Waals surface area contributed by atoms with Crippen LogP contribution < -0.4 is 5.32 Å². The third kappa shape index (κ3) is 2.70. The van der Waals surface area contributed by atoms with Gasteiger partial charge >= 0.3 is 0 Å². The van der Waals surface area contributed by atoms with Crippen molar-refractivity contribution in [2.24, 2.45) is 5.92 Å². The zero-order valence-electron chi connectivity index (χ0n) is 12.8. The largest absolute Gasteiger partial charge is 0.373 e. The normalized spacial score (nSPS) is 22.1. The minimum atomic E-state index is 0.298. The van der Waals surface area contributed by atoms with Gasteiger partial charge in [-0.2, -0.15) is 4.98 Å². The molecule has 3 heterocycles. The Kier molecular flexibility index (Phi) is 3.54. The molecule has 6 heteroatoms. The van der Waals surface area contributed by atoms with E-state index in [1.807, 2.05) is 19.2 Å². The zero-order chi connectivity index (χ0) is 14.9. The van der Waals surface area contributed by atoms with Crippen molar-refractivity contribution in [3.05, 3.63) is 24.2 Å². The van der Waals surface area contributed by atoms with Crippen LogP contribution in [-0.4, -0.2) is 40.2 Å². The highest BCUT2D eigenvalue weighted by atomic mass is 16.5. The van der Waals surface area contributed by atoms with E-state index >= 15 is 0 Å². The summed E-state index contributed by atoms with van der Waals surface area (Å²) < 4.78 is 5.55. The van der Waals surface area contributed by atoms with E-state index in [1.165, 1.54) is 25.8 Å². The molecule has 1 saturated carbocycles. The highest BCUT2D eigenvalue weighted by Gasteiger charge is 2.34. The van der Waals surface area contributed by atoms with E-state index < -0.39 is 0 Å². The van der Waals surface area contributed by atoms with Gasteiger partial charge < -0.3 is 9.84 Å². The Morgan fingerprint density at radius 2 is 2.23 bits per heavy atom. The van der Waals surface area contributed by atoms with Crippen molar-refractivity contribution < 1.29 is 4.52 Å². The highest BCUT2D eigenvalue weighted by Crippen LogP contribution is 2.37. The van der Waals surface area contributed by atoms with Crippen LogP contribution in [0.15, 0.2) is 22.9 Å². The van der Waals surface area contributed by atoms with Crippen LogP contribution in [0, 0.1) is 5.92 Å². The summed E-state index contributed by atoms with van der Waals surface area (Å²) in [6.07, 6.45) is 6.86. The Morgan fingerprint density at radius 3 is 2.95 bits per heavy atom. The van der Waals surface area contributed by atoms with Gasteiger partial charge in [-0.3, -0.25) is 4.90 Å². The summed E-state index contributed by atoms with van der Waals surface area (Å²) in [6.45, 7) is 2.33. The minimum Gasteiger partial charge on any atom is -0.373 e. The lowest BCUT2D eigenvalue weighted by molar-refractivity contribution is 0.201. The van der Waals surface area contributed by atoms with Gasteiger partial charge in [-0.15, -0.1) is 0 Å². The number of rotatable bonds is 5. The Bertz CT molecular complexity index is 634. The van der Waals surface area contributed by atoms with Crippen molar-refractivity contribution in [3.63, 3.8) is 0 Å². The van der Waals surface area contributed by atoms with Gasteiger partial charge in [0.25, 0.3) is 0 Å². The van der Waals surface area contributed by atoms with Gasteiger partial charge in [0.1, 0.15) is 5.82 Å². The molecule has 0 aromatic carbocycles. The Morgan fingerprint density at radius 1 is 1.32 bits per heavy atom. The number of hydrogen-bond acceptors (Lipinski definition) is 6. The SMILES string of the molecule is CNc1ccc(-c2noc([C@@H]3CCCN3CC3CC3)n2)cn1. The molecule has 6 nitrogen and oxygen atoms in total. The van der Waals surface area contributed by atoms with E-state index in [9.17, 15) is 0 Å². The van der Waals surface area contributed by atoms with Gasteiger partial charge in [0.05, 0.1) is 6.04 Å². The van der Waals surface area contributed by atoms with Gasteiger partial charge in [-0.1, -0.05) is 5.16 Å². The Balaban J connectivity index is 1.52. The van der Waals surface area contributed by atoms with Gasteiger partial charge in [0.15, 0.2) is 0 Å². The number of nitrogens with one attached hydrogen (secondary N) is 1. The molecule has 1 aliphatic carbocycles. The zero-order valence-corrected chi connectivity index (χ0v) is 12.8. The van der Waals surface area contributed by atoms with Gasteiger partial charge in [0, 0.05) is 25.4 Å². The molecule has 1 aliphatic heterocycles. The number of likely N-dealkylation sites (tertiary alicyclic amines) is 1. The Hall–Kier alpha value is -1.95. The number of anilines is 1. The lowest BCUT2D eigenvalue weighted by Gasteiger charge is -2.20. The summed E-state index contributed by atoms with van der Waals surface area (Å²) in [5.74, 6) is 3.11. The average molecular weight is 299 g/mol. The van der Waals surface area contributed by atoms with Crippen LogP contribution in [0.1, 0.15) is 37.6 Å². The summed E-state index contributed by atoms with van der Waals surface area (Å²) in [5.41, 5.74) is 0.890. The maximum Gasteiger partial charge on any atom is 0.244 e. The second-order valence-corrected chi connectivity index (χ2v) is 6.23. The van der Waals surface area contributed by atoms with Crippen LogP contribution in [0.2, 0.25) is 0 Å². The van der Waals surface area contributed by atoms with E-state index in [4.69, 9.17) is 4.52 Å². The fraction of sp³-hybridized carbons (Fsp3) is 0.562. The maximum atomic E-state index is 5.55. The molecule has 1 N–H and O–H groups in total. The van der Waals surface area contributed by atoms with Crippen molar-refractivity contribution in [1.82, 2.24) is 20.0 Å². The smallest absolute Gasteiger partial charge is 0.244 e. The number of hydrogen-bond donors (Lipinski definition) is 1. The molecule has 22 heavy (non-hydrogen) atoms. The summed E-state index contributed by atoms with van der Waals surface area (Å²) in [6, 6.07) is 4.18. The molecule has 2 aromatic rings. The molecule has 0 spiro atoms. The van der Waals surface area contributed by atoms with Crippen molar-refractivity contribution >= 4 is 5.82 Å². The molecule has 116 valence electrons. The van der Waals surface area contributed by atoms with E-state index in [2.05, 4.69) is 25.3 Å². The fourth-order valence-electron chi connectivity index (χ4n) is 3.12. The van der Waals surface area contributed by atoms with Crippen LogP contribution in [0.4, 0.5) is 5.82 Å². The second kappa shape index (κ2) is 5.68. The summed E-state index contributed by atoms with van der Waals surface area (Å²) in [7, 11) is 1.85. The fourth-order valence-corrected chi connectivity index (χ4v) is 3.12. The molecule has 2 fully saturated rings. The molecule has 1 saturated heterocycles. The van der Waals surface area contributed by atoms with Crippen molar-refractivity contribution in [1.29, 1.82) is 0 Å². The van der Waals surface area contributed by atoms with E-state index in [1.54, 1.807) is 6.20 Å². The number of nitrogens with zero attached hydrogens (tertiary/aromatic N) is 4. The van der Waals surface area contributed by atoms with Gasteiger partial charge in [-0.05, 0) is 50.3 Å². The predicted molar refractivity (Wildman–Crippen MR) is 83.3 cm³/mol. The molecular weight excluding hydrogens is 278 g/mol. The quantitative estimate of drug-likeness (QED) is 0.915. The highest BCUT2D eigenvalue weighted by molar-refractivity contribution is 5.55. The van der Waals surface area contributed by atoms with E-state index in [-0.39, 0.29) is 0 Å². The number of pyridine rings is 1. The first-order valence-corrected chi connectivity index (χ1v) is 8.05. The molecule has 2 aliphatic rings. The Labute approximate surface area is 129 Å². The van der Waals surface area contributed by atoms with Crippen LogP contribution >= 0.6 is 0 Å². The molecule has 4 rings (SSSR count). The molecule has 0 radical (unpaired) electrons.